The minimum Gasteiger partial charge on any atom is -0.397 e. The highest BCUT2D eigenvalue weighted by molar-refractivity contribution is 7.13. The zero-order chi connectivity index (χ0) is 20.7. The first kappa shape index (κ1) is 20.1. The maximum absolute atomic E-state index is 15.0. The Kier molecular flexibility index (Phi) is 5.48. The number of hydrogen-bond acceptors (Lipinski definition) is 6. The highest BCUT2D eigenvalue weighted by Gasteiger charge is 2.28. The highest BCUT2D eigenvalue weighted by atomic mass is 32.1. The van der Waals surface area contributed by atoms with Crippen LogP contribution in [0.3, 0.4) is 0 Å². The van der Waals surface area contributed by atoms with Gasteiger partial charge in [0.1, 0.15) is 16.5 Å². The summed E-state index contributed by atoms with van der Waals surface area (Å²) in [6, 6.07) is 3.86. The van der Waals surface area contributed by atoms with E-state index in [1.165, 1.54) is 30.2 Å². The number of halogens is 1. The van der Waals surface area contributed by atoms with E-state index >= 15 is 0 Å². The van der Waals surface area contributed by atoms with Crippen LogP contribution in [0.5, 0.6) is 0 Å². The molecule has 1 amide bonds. The van der Waals surface area contributed by atoms with Crippen molar-refractivity contribution in [1.29, 1.82) is 0 Å². The number of nitrogens with one attached hydrogen (secondary N) is 1. The Labute approximate surface area is 174 Å². The van der Waals surface area contributed by atoms with Gasteiger partial charge in [-0.25, -0.2) is 9.37 Å². The fourth-order valence-corrected chi connectivity index (χ4v) is 4.59. The summed E-state index contributed by atoms with van der Waals surface area (Å²) < 4.78 is 15.0. The molecule has 1 aromatic heterocycles. The first-order chi connectivity index (χ1) is 13.8. The van der Waals surface area contributed by atoms with Gasteiger partial charge in [-0.2, -0.15) is 0 Å². The number of carbonyl (C=O) groups is 1. The summed E-state index contributed by atoms with van der Waals surface area (Å²) >= 11 is 1.26. The van der Waals surface area contributed by atoms with Crippen LogP contribution < -0.4 is 16.0 Å². The Morgan fingerprint density at radius 1 is 1.31 bits per heavy atom. The fraction of sp³-hybridized carbons (Fsp3) is 0.524. The molecule has 3 N–H and O–H groups in total. The topological polar surface area (TPSA) is 74.5 Å². The van der Waals surface area contributed by atoms with Gasteiger partial charge < -0.3 is 16.0 Å². The molecule has 0 spiro atoms. The van der Waals surface area contributed by atoms with Crippen LogP contribution in [0.2, 0.25) is 0 Å². The van der Waals surface area contributed by atoms with E-state index in [1.807, 2.05) is 0 Å². The van der Waals surface area contributed by atoms with Crippen LogP contribution >= 0.6 is 11.3 Å². The van der Waals surface area contributed by atoms with Gasteiger partial charge in [-0.1, -0.05) is 0 Å². The van der Waals surface area contributed by atoms with Crippen LogP contribution in [-0.4, -0.2) is 54.6 Å². The van der Waals surface area contributed by atoms with E-state index in [-0.39, 0.29) is 11.7 Å². The van der Waals surface area contributed by atoms with Crippen LogP contribution in [0.25, 0.3) is 10.6 Å². The van der Waals surface area contributed by atoms with Gasteiger partial charge in [0, 0.05) is 48.7 Å². The molecule has 1 saturated heterocycles. The molecule has 6 nitrogen and oxygen atoms in total. The molecule has 0 radical (unpaired) electrons. The molecule has 29 heavy (non-hydrogen) atoms. The summed E-state index contributed by atoms with van der Waals surface area (Å²) in [4.78, 5) is 21.0. The minimum atomic E-state index is -0.368. The van der Waals surface area contributed by atoms with Gasteiger partial charge in [0.15, 0.2) is 0 Å². The van der Waals surface area contributed by atoms with Crippen LogP contribution in [0.15, 0.2) is 17.5 Å². The number of nitrogens with zero attached hydrogens (tertiary/aromatic N) is 3. The van der Waals surface area contributed by atoms with Gasteiger partial charge in [-0.05, 0) is 45.7 Å². The van der Waals surface area contributed by atoms with E-state index in [4.69, 9.17) is 5.73 Å². The average molecular weight is 418 g/mol. The van der Waals surface area contributed by atoms with Crippen LogP contribution in [0, 0.1) is 11.7 Å². The number of nitrogen functional groups attached to an aromatic ring is 1. The lowest BCUT2D eigenvalue weighted by Gasteiger charge is -2.43. The number of anilines is 2. The number of hydrogen-bond donors (Lipinski definition) is 2. The summed E-state index contributed by atoms with van der Waals surface area (Å²) in [7, 11) is 2.11. The third-order valence-electron chi connectivity index (χ3n) is 6.03. The zero-order valence-electron chi connectivity index (χ0n) is 17.1. The summed E-state index contributed by atoms with van der Waals surface area (Å²) in [5.74, 6) is 0.0272. The number of piperazine rings is 1. The van der Waals surface area contributed by atoms with Crippen molar-refractivity contribution in [2.24, 2.45) is 5.92 Å². The third kappa shape index (κ3) is 4.23. The van der Waals surface area contributed by atoms with E-state index in [9.17, 15) is 9.18 Å². The summed E-state index contributed by atoms with van der Waals surface area (Å²) in [5.41, 5.74) is 8.23. The maximum Gasteiger partial charge on any atom is 0.270 e. The number of benzene rings is 1. The Balaban J connectivity index is 1.53. The average Bonchev–Trinajstić information content (AvgIpc) is 3.39. The van der Waals surface area contributed by atoms with Crippen molar-refractivity contribution in [3.05, 3.63) is 29.0 Å². The number of nitrogens with two attached hydrogens (primary N) is 1. The van der Waals surface area contributed by atoms with Gasteiger partial charge in [0.25, 0.3) is 5.91 Å². The molecule has 1 aliphatic heterocycles. The number of carbonyl (C=O) groups excluding carboxylic acids is 1. The van der Waals surface area contributed by atoms with Gasteiger partial charge >= 0.3 is 0 Å². The number of thiazole rings is 1. The smallest absolute Gasteiger partial charge is 0.270 e. The Morgan fingerprint density at radius 2 is 2.00 bits per heavy atom. The Morgan fingerprint density at radius 3 is 2.66 bits per heavy atom. The molecule has 2 heterocycles. The van der Waals surface area contributed by atoms with Crippen molar-refractivity contribution in [1.82, 2.24) is 15.2 Å². The molecule has 0 unspecified atom stereocenters. The zero-order valence-corrected chi connectivity index (χ0v) is 17.9. The quantitative estimate of drug-likeness (QED) is 0.731. The number of rotatable bonds is 5. The first-order valence-corrected chi connectivity index (χ1v) is 11.0. The van der Waals surface area contributed by atoms with Crippen LogP contribution in [-0.2, 0) is 0 Å². The van der Waals surface area contributed by atoms with E-state index in [2.05, 4.69) is 41.0 Å². The second-order valence-electron chi connectivity index (χ2n) is 8.35. The number of likely N-dealkylation sites (N-methyl/N-ethyl adjacent to an activating group) is 1. The molecule has 156 valence electrons. The Hall–Kier alpha value is -2.19. The van der Waals surface area contributed by atoms with Gasteiger partial charge in [-0.15, -0.1) is 11.3 Å². The van der Waals surface area contributed by atoms with Crippen molar-refractivity contribution in [3.8, 4) is 10.6 Å². The molecular formula is C21H28FN5OS. The van der Waals surface area contributed by atoms with E-state index in [0.717, 1.165) is 18.8 Å². The normalized spacial score (nSPS) is 22.7. The molecule has 1 saturated carbocycles. The van der Waals surface area contributed by atoms with E-state index in [1.54, 1.807) is 11.4 Å². The van der Waals surface area contributed by atoms with Crippen molar-refractivity contribution in [2.45, 2.75) is 38.8 Å². The lowest BCUT2D eigenvalue weighted by Crippen LogP contribution is -2.55. The SMILES string of the molecule is C[C@@H]1CN(c2cc(F)c(-c3nc(C(=O)NCC4CC4)cs3)cc2N)C[C@H](C)N1C. The minimum absolute atomic E-state index is 0.204. The summed E-state index contributed by atoms with van der Waals surface area (Å²) in [6.45, 7) is 6.60. The highest BCUT2D eigenvalue weighted by Crippen LogP contribution is 2.35. The van der Waals surface area contributed by atoms with Crippen molar-refractivity contribution in [2.75, 3.05) is 37.3 Å². The van der Waals surface area contributed by atoms with Gasteiger partial charge in [-0.3, -0.25) is 9.69 Å². The molecule has 2 aliphatic rings. The van der Waals surface area contributed by atoms with E-state index < -0.39 is 0 Å². The lowest BCUT2D eigenvalue weighted by molar-refractivity contribution is 0.0947. The first-order valence-electron chi connectivity index (χ1n) is 10.1. The molecule has 1 aliphatic carbocycles. The molecule has 0 bridgehead atoms. The second-order valence-corrected chi connectivity index (χ2v) is 9.21. The van der Waals surface area contributed by atoms with Crippen molar-refractivity contribution >= 4 is 28.6 Å². The van der Waals surface area contributed by atoms with Crippen molar-refractivity contribution in [3.63, 3.8) is 0 Å². The largest absolute Gasteiger partial charge is 0.397 e. The number of aromatic nitrogens is 1. The molecule has 4 rings (SSSR count). The third-order valence-corrected chi connectivity index (χ3v) is 6.91. The monoisotopic (exact) mass is 417 g/mol. The van der Waals surface area contributed by atoms with Crippen LogP contribution in [0.4, 0.5) is 15.8 Å². The second kappa shape index (κ2) is 7.91. The lowest BCUT2D eigenvalue weighted by atomic mass is 10.1. The van der Waals surface area contributed by atoms with Crippen LogP contribution in [0.1, 0.15) is 37.2 Å². The van der Waals surface area contributed by atoms with Gasteiger partial charge in [0.05, 0.1) is 11.4 Å². The molecule has 2 atom stereocenters. The number of amides is 1. The maximum atomic E-state index is 15.0. The molecule has 2 fully saturated rings. The summed E-state index contributed by atoms with van der Waals surface area (Å²) in [5, 5.41) is 5.03. The standard InChI is InChI=1S/C21H28FN5OS/c1-12-9-27(10-13(2)26(12)3)19-7-16(22)15(6-17(19)23)21-25-18(11-29-21)20(28)24-8-14-4-5-14/h6-7,11-14H,4-5,8-10,23H2,1-3H3,(H,24,28)/t12-,13+. The van der Waals surface area contributed by atoms with E-state index in [0.29, 0.717) is 46.5 Å². The molecular weight excluding hydrogens is 389 g/mol. The molecule has 1 aromatic carbocycles. The molecule has 2 aromatic rings. The molecule has 8 heteroatoms. The predicted molar refractivity (Wildman–Crippen MR) is 116 cm³/mol. The van der Waals surface area contributed by atoms with Gasteiger partial charge in [0.2, 0.25) is 0 Å². The van der Waals surface area contributed by atoms with Crippen molar-refractivity contribution < 1.29 is 9.18 Å². The fourth-order valence-electron chi connectivity index (χ4n) is 3.77. The Bertz CT molecular complexity index is 900. The predicted octanol–water partition coefficient (Wildman–Crippen LogP) is 3.20. The summed E-state index contributed by atoms with van der Waals surface area (Å²) in [6.07, 6.45) is 2.34.